The first-order valence-electron chi connectivity index (χ1n) is 10.8. The molecule has 0 heterocycles. The number of rotatable bonds is 11. The lowest BCUT2D eigenvalue weighted by Crippen LogP contribution is -2.25. The van der Waals surface area contributed by atoms with Gasteiger partial charge in [-0.05, 0) is 86.5 Å². The summed E-state index contributed by atoms with van der Waals surface area (Å²) in [4.78, 5) is 23.6. The zero-order valence-corrected chi connectivity index (χ0v) is 18.8. The van der Waals surface area contributed by atoms with Crippen LogP contribution in [0.2, 0.25) is 0 Å². The molecule has 7 nitrogen and oxygen atoms in total. The van der Waals surface area contributed by atoms with Gasteiger partial charge in [-0.25, -0.2) is 0 Å². The number of carbonyl (C=O) groups is 2. The number of primary amides is 1. The molecule has 3 aromatic rings. The monoisotopic (exact) mass is 448 g/mol. The maximum atomic E-state index is 12.5. The van der Waals surface area contributed by atoms with Gasteiger partial charge in [-0.2, -0.15) is 0 Å². The lowest BCUT2D eigenvalue weighted by Gasteiger charge is -2.13. The molecule has 33 heavy (non-hydrogen) atoms. The van der Waals surface area contributed by atoms with E-state index in [-0.39, 0.29) is 5.91 Å². The maximum absolute atomic E-state index is 12.5. The van der Waals surface area contributed by atoms with Crippen molar-refractivity contribution in [2.75, 3.05) is 19.8 Å². The molecule has 3 aromatic carbocycles. The van der Waals surface area contributed by atoms with E-state index in [1.54, 1.807) is 48.5 Å². The highest BCUT2D eigenvalue weighted by atomic mass is 16.5. The molecule has 0 unspecified atom stereocenters. The molecule has 0 saturated heterocycles. The van der Waals surface area contributed by atoms with Crippen molar-refractivity contribution in [2.24, 2.45) is 5.73 Å². The highest BCUT2D eigenvalue weighted by Gasteiger charge is 2.09. The smallest absolute Gasteiger partial charge is 0.251 e. The Morgan fingerprint density at radius 2 is 1.36 bits per heavy atom. The summed E-state index contributed by atoms with van der Waals surface area (Å²) in [5.41, 5.74) is 7.23. The average molecular weight is 449 g/mol. The molecule has 0 atom stereocenters. The zero-order chi connectivity index (χ0) is 23.6. The van der Waals surface area contributed by atoms with E-state index >= 15 is 0 Å². The number of hydrogen-bond acceptors (Lipinski definition) is 5. The van der Waals surface area contributed by atoms with Crippen molar-refractivity contribution in [3.8, 4) is 23.0 Å². The van der Waals surface area contributed by atoms with Crippen molar-refractivity contribution in [3.63, 3.8) is 0 Å². The summed E-state index contributed by atoms with van der Waals surface area (Å²) >= 11 is 0. The Hall–Kier alpha value is -4.00. The lowest BCUT2D eigenvalue weighted by atomic mass is 10.1. The van der Waals surface area contributed by atoms with Gasteiger partial charge in [0.25, 0.3) is 5.91 Å². The van der Waals surface area contributed by atoms with Crippen LogP contribution in [0.5, 0.6) is 23.0 Å². The van der Waals surface area contributed by atoms with E-state index in [1.165, 1.54) is 0 Å². The van der Waals surface area contributed by atoms with Gasteiger partial charge in [0.05, 0.1) is 13.2 Å². The molecule has 0 aliphatic rings. The fourth-order valence-corrected chi connectivity index (χ4v) is 3.17. The fourth-order valence-electron chi connectivity index (χ4n) is 3.17. The third-order valence-corrected chi connectivity index (χ3v) is 4.80. The van der Waals surface area contributed by atoms with Crippen molar-refractivity contribution in [3.05, 3.63) is 83.4 Å². The fraction of sp³-hybridized carbons (Fsp3) is 0.231. The number of nitrogens with one attached hydrogen (secondary N) is 1. The highest BCUT2D eigenvalue weighted by Crippen LogP contribution is 2.28. The van der Waals surface area contributed by atoms with Gasteiger partial charge in [-0.1, -0.05) is 6.07 Å². The second-order valence-corrected chi connectivity index (χ2v) is 7.17. The van der Waals surface area contributed by atoms with Gasteiger partial charge in [0.1, 0.15) is 11.5 Å². The summed E-state index contributed by atoms with van der Waals surface area (Å²) in [6, 6.07) is 19.2. The highest BCUT2D eigenvalue weighted by molar-refractivity contribution is 5.94. The van der Waals surface area contributed by atoms with Crippen LogP contribution in [0.4, 0.5) is 0 Å². The first-order valence-corrected chi connectivity index (χ1v) is 10.8. The van der Waals surface area contributed by atoms with E-state index < -0.39 is 5.91 Å². The number of ether oxygens (including phenoxy) is 3. The van der Waals surface area contributed by atoms with Crippen LogP contribution in [-0.2, 0) is 6.42 Å². The molecular weight excluding hydrogens is 420 g/mol. The van der Waals surface area contributed by atoms with Crippen LogP contribution in [0.15, 0.2) is 66.7 Å². The Morgan fingerprint density at radius 1 is 0.788 bits per heavy atom. The van der Waals surface area contributed by atoms with Gasteiger partial charge >= 0.3 is 0 Å². The Labute approximate surface area is 193 Å². The Bertz CT molecular complexity index is 1080. The maximum Gasteiger partial charge on any atom is 0.251 e. The number of amides is 2. The predicted molar refractivity (Wildman–Crippen MR) is 126 cm³/mol. The molecule has 3 rings (SSSR count). The van der Waals surface area contributed by atoms with Gasteiger partial charge in [0.2, 0.25) is 5.91 Å². The van der Waals surface area contributed by atoms with Gasteiger partial charge in [-0.3, -0.25) is 9.59 Å². The Balaban J connectivity index is 1.52. The molecule has 2 amide bonds. The van der Waals surface area contributed by atoms with Gasteiger partial charge < -0.3 is 25.3 Å². The molecule has 0 aliphatic carbocycles. The summed E-state index contributed by atoms with van der Waals surface area (Å²) in [5.74, 6) is 1.92. The van der Waals surface area contributed by atoms with Crippen LogP contribution >= 0.6 is 0 Å². The molecular formula is C26H28N2O5. The third kappa shape index (κ3) is 6.74. The summed E-state index contributed by atoms with van der Waals surface area (Å²) in [7, 11) is 0. The Morgan fingerprint density at radius 3 is 1.94 bits per heavy atom. The van der Waals surface area contributed by atoms with E-state index in [1.807, 2.05) is 32.0 Å². The van der Waals surface area contributed by atoms with Crippen molar-refractivity contribution >= 4 is 11.8 Å². The second-order valence-electron chi connectivity index (χ2n) is 7.17. The number of benzene rings is 3. The molecule has 172 valence electrons. The summed E-state index contributed by atoms with van der Waals surface area (Å²) < 4.78 is 17.0. The quantitative estimate of drug-likeness (QED) is 0.454. The van der Waals surface area contributed by atoms with Crippen LogP contribution in [0, 0.1) is 0 Å². The van der Waals surface area contributed by atoms with Crippen molar-refractivity contribution in [1.82, 2.24) is 5.32 Å². The zero-order valence-electron chi connectivity index (χ0n) is 18.8. The average Bonchev–Trinajstić information content (AvgIpc) is 2.82. The minimum Gasteiger partial charge on any atom is -0.490 e. The van der Waals surface area contributed by atoms with Crippen LogP contribution < -0.4 is 25.3 Å². The number of nitrogens with two attached hydrogens (primary N) is 1. The summed E-state index contributed by atoms with van der Waals surface area (Å²) in [6.45, 7) is 5.47. The molecule has 0 aromatic heterocycles. The van der Waals surface area contributed by atoms with Gasteiger partial charge in [0, 0.05) is 17.7 Å². The van der Waals surface area contributed by atoms with Crippen molar-refractivity contribution in [2.45, 2.75) is 20.3 Å². The molecule has 0 bridgehead atoms. The van der Waals surface area contributed by atoms with Gasteiger partial charge in [-0.15, -0.1) is 0 Å². The molecule has 0 aliphatic heterocycles. The van der Waals surface area contributed by atoms with E-state index in [0.717, 1.165) is 11.3 Å². The topological polar surface area (TPSA) is 99.9 Å². The van der Waals surface area contributed by atoms with Crippen molar-refractivity contribution < 1.29 is 23.8 Å². The van der Waals surface area contributed by atoms with Crippen LogP contribution in [0.25, 0.3) is 0 Å². The minimum absolute atomic E-state index is 0.164. The third-order valence-electron chi connectivity index (χ3n) is 4.80. The lowest BCUT2D eigenvalue weighted by molar-refractivity contribution is 0.0952. The molecule has 0 fully saturated rings. The first kappa shape index (κ1) is 23.7. The summed E-state index contributed by atoms with van der Waals surface area (Å²) in [6.07, 6.45) is 0.667. The van der Waals surface area contributed by atoms with E-state index in [2.05, 4.69) is 5.32 Å². The standard InChI is InChI=1S/C26H28N2O5/c1-3-31-23-14-5-18(17-24(23)32-4-2)15-16-28-26(30)20-8-12-22(13-9-20)33-21-10-6-19(7-11-21)25(27)29/h5-14,17H,3-4,15-16H2,1-2H3,(H2,27,29)(H,28,30). The van der Waals surface area contributed by atoms with Crippen molar-refractivity contribution in [1.29, 1.82) is 0 Å². The number of carbonyl (C=O) groups excluding carboxylic acids is 2. The van der Waals surface area contributed by atoms with Crippen LogP contribution in [0.1, 0.15) is 40.1 Å². The molecule has 3 N–H and O–H groups in total. The van der Waals surface area contributed by atoms with E-state index in [9.17, 15) is 9.59 Å². The molecule has 0 saturated carbocycles. The SMILES string of the molecule is CCOc1ccc(CCNC(=O)c2ccc(Oc3ccc(C(N)=O)cc3)cc2)cc1OCC. The van der Waals surface area contributed by atoms with Crippen LogP contribution in [0.3, 0.4) is 0 Å². The van der Waals surface area contributed by atoms with Crippen LogP contribution in [-0.4, -0.2) is 31.6 Å². The molecule has 7 heteroatoms. The second kappa shape index (κ2) is 11.6. The first-order chi connectivity index (χ1) is 16.0. The van der Waals surface area contributed by atoms with E-state index in [4.69, 9.17) is 19.9 Å². The van der Waals surface area contributed by atoms with E-state index in [0.29, 0.717) is 54.6 Å². The largest absolute Gasteiger partial charge is 0.490 e. The normalized spacial score (nSPS) is 10.4. The summed E-state index contributed by atoms with van der Waals surface area (Å²) in [5, 5.41) is 2.93. The molecule has 0 spiro atoms. The Kier molecular flexibility index (Phi) is 8.30. The minimum atomic E-state index is -0.492. The van der Waals surface area contributed by atoms with Gasteiger partial charge in [0.15, 0.2) is 11.5 Å². The number of hydrogen-bond donors (Lipinski definition) is 2. The predicted octanol–water partition coefficient (Wildman–Crippen LogP) is 4.35. The molecule has 0 radical (unpaired) electrons.